The molecule has 6 nitrogen and oxygen atoms in total. The quantitative estimate of drug-likeness (QED) is 0.589. The van der Waals surface area contributed by atoms with Gasteiger partial charge in [-0.2, -0.15) is 0 Å². The Morgan fingerprint density at radius 2 is 1.84 bits per heavy atom. The average Bonchev–Trinajstić information content (AvgIpc) is 2.84. The Bertz CT molecular complexity index is 1010. The highest BCUT2D eigenvalue weighted by atomic mass is 19.1. The van der Waals surface area contributed by atoms with E-state index in [0.717, 1.165) is 44.0 Å². The maximum absolute atomic E-state index is 13.1. The Balaban J connectivity index is 1.19. The molecule has 0 unspecified atom stereocenters. The maximum Gasteiger partial charge on any atom is 0.251 e. The molecule has 0 saturated carbocycles. The first-order valence-corrected chi connectivity index (χ1v) is 10.8. The Hall–Kier alpha value is -3.45. The fourth-order valence-corrected chi connectivity index (χ4v) is 3.69. The minimum absolute atomic E-state index is 0.109. The molecule has 4 rings (SSSR count). The number of aromatic nitrogens is 1. The summed E-state index contributed by atoms with van der Waals surface area (Å²) in [7, 11) is 0. The van der Waals surface area contributed by atoms with Crippen LogP contribution in [0.25, 0.3) is 0 Å². The molecule has 0 radical (unpaired) electrons. The molecule has 0 bridgehead atoms. The van der Waals surface area contributed by atoms with Crippen LogP contribution in [0.1, 0.15) is 15.9 Å². The predicted octanol–water partition coefficient (Wildman–Crippen LogP) is 3.35. The molecule has 1 aliphatic heterocycles. The zero-order chi connectivity index (χ0) is 22.2. The monoisotopic (exact) mass is 434 g/mol. The van der Waals surface area contributed by atoms with E-state index in [1.165, 1.54) is 12.1 Å². The lowest BCUT2D eigenvalue weighted by atomic mass is 10.2. The number of amides is 1. The van der Waals surface area contributed by atoms with Crippen LogP contribution in [0, 0.1) is 5.82 Å². The average molecular weight is 435 g/mol. The van der Waals surface area contributed by atoms with Crippen LogP contribution in [-0.2, 0) is 6.61 Å². The van der Waals surface area contributed by atoms with E-state index in [-0.39, 0.29) is 11.7 Å². The lowest BCUT2D eigenvalue weighted by Crippen LogP contribution is -2.48. The normalized spacial score (nSPS) is 14.2. The third kappa shape index (κ3) is 6.04. The van der Waals surface area contributed by atoms with Gasteiger partial charge in [-0.1, -0.05) is 12.1 Å². The molecule has 2 heterocycles. The summed E-state index contributed by atoms with van der Waals surface area (Å²) in [6.07, 6.45) is 3.48. The second-order valence-corrected chi connectivity index (χ2v) is 7.74. The number of nitrogens with one attached hydrogen (secondary N) is 1. The summed E-state index contributed by atoms with van der Waals surface area (Å²) < 4.78 is 18.9. The van der Waals surface area contributed by atoms with Gasteiger partial charge in [0.25, 0.3) is 5.91 Å². The number of hydrogen-bond acceptors (Lipinski definition) is 5. The number of hydrogen-bond donors (Lipinski definition) is 1. The summed E-state index contributed by atoms with van der Waals surface area (Å²) in [6.45, 7) is 5.36. The van der Waals surface area contributed by atoms with Gasteiger partial charge in [0.2, 0.25) is 0 Å². The third-order valence-corrected chi connectivity index (χ3v) is 5.50. The number of halogens is 1. The molecule has 1 aliphatic rings. The van der Waals surface area contributed by atoms with Crippen LogP contribution < -0.4 is 15.0 Å². The molecule has 32 heavy (non-hydrogen) atoms. The molecular weight excluding hydrogens is 407 g/mol. The highest BCUT2D eigenvalue weighted by Gasteiger charge is 2.17. The van der Waals surface area contributed by atoms with Crippen LogP contribution in [0.2, 0.25) is 0 Å². The second-order valence-electron chi connectivity index (χ2n) is 7.74. The molecule has 1 fully saturated rings. The van der Waals surface area contributed by atoms with E-state index >= 15 is 0 Å². The van der Waals surface area contributed by atoms with E-state index < -0.39 is 0 Å². The van der Waals surface area contributed by atoms with E-state index in [0.29, 0.717) is 24.5 Å². The largest absolute Gasteiger partial charge is 0.489 e. The summed E-state index contributed by atoms with van der Waals surface area (Å²) in [5, 5.41) is 2.99. The number of carbonyl (C=O) groups excluding carboxylic acids is 1. The van der Waals surface area contributed by atoms with Crippen molar-refractivity contribution in [2.45, 2.75) is 6.61 Å². The lowest BCUT2D eigenvalue weighted by molar-refractivity contribution is 0.0947. The van der Waals surface area contributed by atoms with Crippen molar-refractivity contribution in [3.8, 4) is 5.75 Å². The molecule has 0 aliphatic carbocycles. The molecule has 3 aromatic rings. The first-order valence-electron chi connectivity index (χ1n) is 10.8. The summed E-state index contributed by atoms with van der Waals surface area (Å²) in [5.74, 6) is 0.328. The highest BCUT2D eigenvalue weighted by molar-refractivity contribution is 5.94. The number of rotatable bonds is 8. The fraction of sp³-hybridized carbons (Fsp3) is 0.280. The Morgan fingerprint density at radius 3 is 2.59 bits per heavy atom. The van der Waals surface area contributed by atoms with Crippen molar-refractivity contribution in [1.82, 2.24) is 15.2 Å². The summed E-state index contributed by atoms with van der Waals surface area (Å²) in [4.78, 5) is 21.2. The topological polar surface area (TPSA) is 57.7 Å². The fourth-order valence-electron chi connectivity index (χ4n) is 3.69. The van der Waals surface area contributed by atoms with Crippen molar-refractivity contribution >= 4 is 11.6 Å². The van der Waals surface area contributed by atoms with Crippen molar-refractivity contribution in [3.05, 3.63) is 90.0 Å². The standard InChI is InChI=1S/C25H27FN4O2/c26-22-6-8-23(9-7-22)30-15-13-29(14-16-30)12-11-28-25(31)21-4-1-5-24(17-21)32-19-20-3-2-10-27-18-20/h1-10,17-18H,11-16,19H2,(H,28,31). The van der Waals surface area contributed by atoms with Crippen molar-refractivity contribution in [2.75, 3.05) is 44.2 Å². The highest BCUT2D eigenvalue weighted by Crippen LogP contribution is 2.17. The molecule has 7 heteroatoms. The van der Waals surface area contributed by atoms with Crippen molar-refractivity contribution in [1.29, 1.82) is 0 Å². The van der Waals surface area contributed by atoms with Crippen LogP contribution in [0.5, 0.6) is 5.75 Å². The zero-order valence-electron chi connectivity index (χ0n) is 17.9. The van der Waals surface area contributed by atoms with Crippen LogP contribution in [-0.4, -0.2) is 55.1 Å². The number of anilines is 1. The van der Waals surface area contributed by atoms with E-state index in [2.05, 4.69) is 20.1 Å². The van der Waals surface area contributed by atoms with Crippen LogP contribution in [0.4, 0.5) is 10.1 Å². The summed E-state index contributed by atoms with van der Waals surface area (Å²) >= 11 is 0. The first kappa shape index (κ1) is 21.8. The Morgan fingerprint density at radius 1 is 1.03 bits per heavy atom. The van der Waals surface area contributed by atoms with Gasteiger partial charge in [-0.05, 0) is 48.5 Å². The molecule has 0 spiro atoms. The second kappa shape index (κ2) is 10.7. The van der Waals surface area contributed by atoms with Gasteiger partial charge in [-0.15, -0.1) is 0 Å². The van der Waals surface area contributed by atoms with Crippen molar-refractivity contribution in [2.24, 2.45) is 0 Å². The lowest BCUT2D eigenvalue weighted by Gasteiger charge is -2.36. The van der Waals surface area contributed by atoms with Crippen LogP contribution >= 0.6 is 0 Å². The predicted molar refractivity (Wildman–Crippen MR) is 122 cm³/mol. The Labute approximate surface area is 187 Å². The van der Waals surface area contributed by atoms with Gasteiger partial charge in [-0.25, -0.2) is 4.39 Å². The third-order valence-electron chi connectivity index (χ3n) is 5.50. The van der Waals surface area contributed by atoms with E-state index in [9.17, 15) is 9.18 Å². The van der Waals surface area contributed by atoms with Gasteiger partial charge in [0.15, 0.2) is 0 Å². The maximum atomic E-state index is 13.1. The van der Waals surface area contributed by atoms with Crippen LogP contribution in [0.3, 0.4) is 0 Å². The number of piperazine rings is 1. The number of nitrogens with zero attached hydrogens (tertiary/aromatic N) is 3. The molecule has 1 amide bonds. The van der Waals surface area contributed by atoms with E-state index in [4.69, 9.17) is 4.74 Å². The number of carbonyl (C=O) groups is 1. The minimum atomic E-state index is -0.214. The molecule has 166 valence electrons. The van der Waals surface area contributed by atoms with Crippen molar-refractivity contribution in [3.63, 3.8) is 0 Å². The SMILES string of the molecule is O=C(NCCN1CCN(c2ccc(F)cc2)CC1)c1cccc(OCc2cccnc2)c1. The minimum Gasteiger partial charge on any atom is -0.489 e. The van der Waals surface area contributed by atoms with Gasteiger partial charge < -0.3 is 15.0 Å². The number of benzene rings is 2. The van der Waals surface area contributed by atoms with Gasteiger partial charge in [0, 0.05) is 68.5 Å². The molecule has 1 saturated heterocycles. The molecule has 2 aromatic carbocycles. The summed E-state index contributed by atoms with van der Waals surface area (Å²) in [6, 6.07) is 17.6. The van der Waals surface area contributed by atoms with Gasteiger partial charge in [0.1, 0.15) is 18.2 Å². The molecular formula is C25H27FN4O2. The number of ether oxygens (including phenoxy) is 1. The molecule has 1 aromatic heterocycles. The van der Waals surface area contributed by atoms with E-state index in [1.54, 1.807) is 24.5 Å². The zero-order valence-corrected chi connectivity index (χ0v) is 17.9. The Kier molecular flexibility index (Phi) is 7.30. The summed E-state index contributed by atoms with van der Waals surface area (Å²) in [5.41, 5.74) is 2.60. The number of pyridine rings is 1. The van der Waals surface area contributed by atoms with Gasteiger partial charge in [0.05, 0.1) is 0 Å². The van der Waals surface area contributed by atoms with Gasteiger partial charge >= 0.3 is 0 Å². The van der Waals surface area contributed by atoms with Gasteiger partial charge in [-0.3, -0.25) is 14.7 Å². The van der Waals surface area contributed by atoms with E-state index in [1.807, 2.05) is 36.4 Å². The smallest absolute Gasteiger partial charge is 0.251 e. The van der Waals surface area contributed by atoms with Crippen LogP contribution in [0.15, 0.2) is 73.1 Å². The molecule has 1 N–H and O–H groups in total. The first-order chi connectivity index (χ1) is 15.7. The van der Waals surface area contributed by atoms with Crippen molar-refractivity contribution < 1.29 is 13.9 Å². The molecule has 0 atom stereocenters.